The number of ether oxygens (including phenoxy) is 1. The van der Waals surface area contributed by atoms with Crippen LogP contribution in [0.1, 0.15) is 25.3 Å². The number of carbonyl (C=O) groups is 1. The molecule has 0 aromatic heterocycles. The van der Waals surface area contributed by atoms with Crippen LogP contribution < -0.4 is 0 Å². The van der Waals surface area contributed by atoms with Gasteiger partial charge in [0, 0.05) is 12.6 Å². The lowest BCUT2D eigenvalue weighted by molar-refractivity contribution is -0.137. The lowest BCUT2D eigenvalue weighted by Gasteiger charge is -2.31. The van der Waals surface area contributed by atoms with Crippen molar-refractivity contribution in [2.24, 2.45) is 5.92 Å². The number of hydrogen-bond donors (Lipinski definition) is 0. The number of nitrogens with zero attached hydrogens (tertiary/aromatic N) is 1. The van der Waals surface area contributed by atoms with Gasteiger partial charge >= 0.3 is 5.97 Å². The van der Waals surface area contributed by atoms with Gasteiger partial charge in [-0.25, -0.2) is 4.79 Å². The van der Waals surface area contributed by atoms with E-state index in [4.69, 9.17) is 4.74 Å². The first kappa shape index (κ1) is 15.8. The molecule has 1 fully saturated rings. The van der Waals surface area contributed by atoms with Gasteiger partial charge in [0.05, 0.1) is 6.61 Å². The minimum absolute atomic E-state index is 0.239. The molecule has 0 saturated carbocycles. The van der Waals surface area contributed by atoms with Crippen molar-refractivity contribution in [2.45, 2.75) is 26.2 Å². The summed E-state index contributed by atoms with van der Waals surface area (Å²) in [6.07, 6.45) is 7.12. The highest BCUT2D eigenvalue weighted by Crippen LogP contribution is 2.21. The molecule has 1 heterocycles. The molecule has 2 rings (SSSR count). The molecule has 114 valence electrons. The first-order valence-electron chi connectivity index (χ1n) is 7.87. The van der Waals surface area contributed by atoms with Crippen molar-refractivity contribution < 1.29 is 9.53 Å². The van der Waals surface area contributed by atoms with Crippen LogP contribution in [0.25, 0.3) is 0 Å². The van der Waals surface area contributed by atoms with E-state index in [1.165, 1.54) is 24.8 Å². The standard InChI is InChI=1S/C18H25NO2/c1-2-21-18(20)9-6-12-19-13-10-17(11-14-19)15-16-7-4-3-5-8-16/h3-9,17H,2,10-15H2,1H3/b9-6+. The normalized spacial score (nSPS) is 17.2. The Morgan fingerprint density at radius 2 is 2.00 bits per heavy atom. The van der Waals surface area contributed by atoms with Crippen molar-refractivity contribution in [1.82, 2.24) is 4.90 Å². The summed E-state index contributed by atoms with van der Waals surface area (Å²) in [5, 5.41) is 0. The van der Waals surface area contributed by atoms with Gasteiger partial charge in [0.1, 0.15) is 0 Å². The Bertz CT molecular complexity index is 448. The summed E-state index contributed by atoms with van der Waals surface area (Å²) in [5.41, 5.74) is 1.44. The second-order valence-corrected chi connectivity index (χ2v) is 5.59. The van der Waals surface area contributed by atoms with E-state index in [-0.39, 0.29) is 5.97 Å². The summed E-state index contributed by atoms with van der Waals surface area (Å²) in [7, 11) is 0. The molecular formula is C18H25NO2. The van der Waals surface area contributed by atoms with Crippen LogP contribution in [0, 0.1) is 5.92 Å². The molecule has 1 aromatic carbocycles. The molecule has 0 atom stereocenters. The van der Waals surface area contributed by atoms with Gasteiger partial charge in [-0.2, -0.15) is 0 Å². The Kier molecular flexibility index (Phi) is 6.48. The van der Waals surface area contributed by atoms with Crippen LogP contribution in [-0.2, 0) is 16.0 Å². The summed E-state index contributed by atoms with van der Waals surface area (Å²) in [5.74, 6) is 0.550. The molecule has 0 unspecified atom stereocenters. The van der Waals surface area contributed by atoms with Gasteiger partial charge in [0.2, 0.25) is 0 Å². The maximum absolute atomic E-state index is 11.2. The van der Waals surface area contributed by atoms with Crippen LogP contribution in [-0.4, -0.2) is 37.1 Å². The predicted octanol–water partition coefficient (Wildman–Crippen LogP) is 3.06. The number of esters is 1. The van der Waals surface area contributed by atoms with Crippen molar-refractivity contribution in [3.8, 4) is 0 Å². The summed E-state index contributed by atoms with van der Waals surface area (Å²) >= 11 is 0. The smallest absolute Gasteiger partial charge is 0.330 e. The lowest BCUT2D eigenvalue weighted by atomic mass is 9.90. The zero-order valence-corrected chi connectivity index (χ0v) is 12.8. The van der Waals surface area contributed by atoms with Gasteiger partial charge < -0.3 is 4.74 Å². The van der Waals surface area contributed by atoms with Gasteiger partial charge in [-0.3, -0.25) is 4.90 Å². The molecule has 1 aliphatic rings. The van der Waals surface area contributed by atoms with E-state index >= 15 is 0 Å². The van der Waals surface area contributed by atoms with E-state index in [9.17, 15) is 4.79 Å². The average molecular weight is 287 g/mol. The minimum Gasteiger partial charge on any atom is -0.463 e. The fraction of sp³-hybridized carbons (Fsp3) is 0.500. The molecule has 21 heavy (non-hydrogen) atoms. The third-order valence-electron chi connectivity index (χ3n) is 3.98. The Balaban J connectivity index is 1.67. The molecule has 0 N–H and O–H groups in total. The molecule has 3 heteroatoms. The molecule has 3 nitrogen and oxygen atoms in total. The average Bonchev–Trinajstić information content (AvgIpc) is 2.50. The summed E-state index contributed by atoms with van der Waals surface area (Å²) in [4.78, 5) is 13.6. The van der Waals surface area contributed by atoms with E-state index < -0.39 is 0 Å². The number of carbonyl (C=O) groups excluding carboxylic acids is 1. The van der Waals surface area contributed by atoms with Crippen molar-refractivity contribution in [2.75, 3.05) is 26.2 Å². The SMILES string of the molecule is CCOC(=O)/C=C/CN1CCC(Cc2ccccc2)CC1. The monoisotopic (exact) mass is 287 g/mol. The van der Waals surface area contributed by atoms with Gasteiger partial charge in [0.25, 0.3) is 0 Å². The van der Waals surface area contributed by atoms with E-state index in [1.54, 1.807) is 6.08 Å². The molecular weight excluding hydrogens is 262 g/mol. The van der Waals surface area contributed by atoms with Crippen LogP contribution in [0.2, 0.25) is 0 Å². The van der Waals surface area contributed by atoms with Crippen molar-refractivity contribution in [3.63, 3.8) is 0 Å². The second kappa shape index (κ2) is 8.63. The molecule has 0 radical (unpaired) electrons. The maximum Gasteiger partial charge on any atom is 0.330 e. The zero-order chi connectivity index (χ0) is 14.9. The molecule has 1 saturated heterocycles. The van der Waals surface area contributed by atoms with Crippen LogP contribution >= 0.6 is 0 Å². The number of hydrogen-bond acceptors (Lipinski definition) is 3. The fourth-order valence-corrected chi connectivity index (χ4v) is 2.81. The summed E-state index contributed by atoms with van der Waals surface area (Å²) in [6, 6.07) is 10.7. The van der Waals surface area contributed by atoms with E-state index in [0.717, 1.165) is 25.6 Å². The van der Waals surface area contributed by atoms with E-state index in [2.05, 4.69) is 35.2 Å². The minimum atomic E-state index is -0.239. The zero-order valence-electron chi connectivity index (χ0n) is 12.8. The lowest BCUT2D eigenvalue weighted by Crippen LogP contribution is -2.34. The van der Waals surface area contributed by atoms with Crippen molar-refractivity contribution in [1.29, 1.82) is 0 Å². The number of piperidine rings is 1. The van der Waals surface area contributed by atoms with Crippen LogP contribution in [0.3, 0.4) is 0 Å². The molecule has 0 aliphatic carbocycles. The first-order valence-corrected chi connectivity index (χ1v) is 7.87. The highest BCUT2D eigenvalue weighted by molar-refractivity contribution is 5.81. The summed E-state index contributed by atoms with van der Waals surface area (Å²) < 4.78 is 4.87. The van der Waals surface area contributed by atoms with E-state index in [0.29, 0.717) is 6.61 Å². The number of likely N-dealkylation sites (tertiary alicyclic amines) is 1. The Labute approximate surface area is 127 Å². The molecule has 0 amide bonds. The Morgan fingerprint density at radius 3 is 2.67 bits per heavy atom. The van der Waals surface area contributed by atoms with Crippen molar-refractivity contribution in [3.05, 3.63) is 48.0 Å². The Morgan fingerprint density at radius 1 is 1.29 bits per heavy atom. The van der Waals surface area contributed by atoms with Crippen LogP contribution in [0.5, 0.6) is 0 Å². The topological polar surface area (TPSA) is 29.5 Å². The fourth-order valence-electron chi connectivity index (χ4n) is 2.81. The van der Waals surface area contributed by atoms with Gasteiger partial charge in [-0.15, -0.1) is 0 Å². The van der Waals surface area contributed by atoms with Gasteiger partial charge in [-0.05, 0) is 50.8 Å². The largest absolute Gasteiger partial charge is 0.463 e. The maximum atomic E-state index is 11.2. The van der Waals surface area contributed by atoms with Crippen molar-refractivity contribution >= 4 is 5.97 Å². The van der Waals surface area contributed by atoms with E-state index in [1.807, 2.05) is 13.0 Å². The number of rotatable bonds is 6. The van der Waals surface area contributed by atoms with Gasteiger partial charge in [-0.1, -0.05) is 36.4 Å². The third kappa shape index (κ3) is 5.72. The highest BCUT2D eigenvalue weighted by atomic mass is 16.5. The van der Waals surface area contributed by atoms with Crippen LogP contribution in [0.15, 0.2) is 42.5 Å². The molecule has 0 spiro atoms. The van der Waals surface area contributed by atoms with Gasteiger partial charge in [0.15, 0.2) is 0 Å². The third-order valence-corrected chi connectivity index (χ3v) is 3.98. The number of benzene rings is 1. The Hall–Kier alpha value is -1.61. The molecule has 1 aliphatic heterocycles. The molecule has 1 aromatic rings. The second-order valence-electron chi connectivity index (χ2n) is 5.59. The molecule has 0 bridgehead atoms. The predicted molar refractivity (Wildman–Crippen MR) is 85.1 cm³/mol. The summed E-state index contributed by atoms with van der Waals surface area (Å²) in [6.45, 7) is 5.34. The quantitative estimate of drug-likeness (QED) is 0.595. The van der Waals surface area contributed by atoms with Crippen LogP contribution in [0.4, 0.5) is 0 Å². The first-order chi connectivity index (χ1) is 10.3. The highest BCUT2D eigenvalue weighted by Gasteiger charge is 2.18.